The average molecular weight is 354 g/mol. The van der Waals surface area contributed by atoms with Gasteiger partial charge >= 0.3 is 6.09 Å². The number of carbonyl (C=O) groups is 2. The van der Waals surface area contributed by atoms with E-state index in [1.807, 2.05) is 6.92 Å². The topological polar surface area (TPSA) is 70.1 Å². The van der Waals surface area contributed by atoms with Crippen LogP contribution < -0.4 is 0 Å². The SMILES string of the molecule is CC1CN(C(=O)c2cc(F)ccc2F)CC2(CCN(C(=O)O)CC2)O1. The van der Waals surface area contributed by atoms with Crippen molar-refractivity contribution in [2.45, 2.75) is 31.5 Å². The molecule has 6 nitrogen and oxygen atoms in total. The van der Waals surface area contributed by atoms with Crippen molar-refractivity contribution in [2.24, 2.45) is 0 Å². The summed E-state index contributed by atoms with van der Waals surface area (Å²) in [5.41, 5.74) is -0.949. The first-order chi connectivity index (χ1) is 11.8. The van der Waals surface area contributed by atoms with Crippen LogP contribution in [0.5, 0.6) is 0 Å². The first-order valence-corrected chi connectivity index (χ1v) is 8.20. The van der Waals surface area contributed by atoms with E-state index in [9.17, 15) is 18.4 Å². The standard InChI is InChI=1S/C17H20F2N2O4/c1-11-9-21(15(22)13-8-12(18)2-3-14(13)19)10-17(25-11)4-6-20(7-5-17)16(23)24/h2-3,8,11H,4-7,9-10H2,1H3,(H,23,24). The number of carbonyl (C=O) groups excluding carboxylic acids is 1. The molecule has 0 radical (unpaired) electrons. The van der Waals surface area contributed by atoms with Crippen molar-refractivity contribution in [3.05, 3.63) is 35.4 Å². The maximum absolute atomic E-state index is 13.9. The van der Waals surface area contributed by atoms with Crippen LogP contribution in [0, 0.1) is 11.6 Å². The highest BCUT2D eigenvalue weighted by atomic mass is 19.1. The molecule has 1 aromatic carbocycles. The summed E-state index contributed by atoms with van der Waals surface area (Å²) in [6.45, 7) is 2.96. The van der Waals surface area contributed by atoms with Gasteiger partial charge in [0, 0.05) is 19.6 Å². The Morgan fingerprint density at radius 1 is 1.24 bits per heavy atom. The summed E-state index contributed by atoms with van der Waals surface area (Å²) >= 11 is 0. The lowest BCUT2D eigenvalue weighted by Gasteiger charge is -2.49. The Morgan fingerprint density at radius 3 is 2.56 bits per heavy atom. The Morgan fingerprint density at radius 2 is 1.92 bits per heavy atom. The molecule has 2 heterocycles. The smallest absolute Gasteiger partial charge is 0.407 e. The van der Waals surface area contributed by atoms with Crippen molar-refractivity contribution in [2.75, 3.05) is 26.2 Å². The van der Waals surface area contributed by atoms with Gasteiger partial charge in [-0.15, -0.1) is 0 Å². The van der Waals surface area contributed by atoms with Crippen LogP contribution in [-0.4, -0.2) is 64.8 Å². The lowest BCUT2D eigenvalue weighted by molar-refractivity contribution is -0.159. The minimum Gasteiger partial charge on any atom is -0.465 e. The second-order valence-corrected chi connectivity index (χ2v) is 6.69. The van der Waals surface area contributed by atoms with Crippen molar-refractivity contribution >= 4 is 12.0 Å². The molecule has 8 heteroatoms. The summed E-state index contributed by atoms with van der Waals surface area (Å²) in [5, 5.41) is 9.07. The zero-order valence-corrected chi connectivity index (χ0v) is 13.9. The van der Waals surface area contributed by atoms with Crippen LogP contribution in [0.25, 0.3) is 0 Å². The van der Waals surface area contributed by atoms with Gasteiger partial charge in [0.05, 0.1) is 23.8 Å². The van der Waals surface area contributed by atoms with Crippen LogP contribution >= 0.6 is 0 Å². The molecule has 3 rings (SSSR count). The van der Waals surface area contributed by atoms with Crippen LogP contribution in [-0.2, 0) is 4.74 Å². The molecule has 0 aliphatic carbocycles. The molecule has 136 valence electrons. The molecule has 2 aliphatic heterocycles. The van der Waals surface area contributed by atoms with Crippen LogP contribution in [0.1, 0.15) is 30.1 Å². The molecule has 0 aromatic heterocycles. The average Bonchev–Trinajstić information content (AvgIpc) is 2.56. The normalized spacial score (nSPS) is 22.9. The van der Waals surface area contributed by atoms with Gasteiger partial charge in [0.2, 0.25) is 0 Å². The number of amides is 2. The Kier molecular flexibility index (Phi) is 4.64. The predicted octanol–water partition coefficient (Wildman–Crippen LogP) is 2.34. The number of likely N-dealkylation sites (tertiary alicyclic amines) is 1. The highest BCUT2D eigenvalue weighted by Crippen LogP contribution is 2.33. The van der Waals surface area contributed by atoms with Gasteiger partial charge in [-0.3, -0.25) is 4.79 Å². The van der Waals surface area contributed by atoms with Gasteiger partial charge in [-0.1, -0.05) is 0 Å². The number of benzene rings is 1. The maximum atomic E-state index is 13.9. The minimum atomic E-state index is -0.978. The molecule has 0 saturated carbocycles. The van der Waals surface area contributed by atoms with E-state index in [0.717, 1.165) is 18.2 Å². The molecule has 25 heavy (non-hydrogen) atoms. The van der Waals surface area contributed by atoms with Crippen LogP contribution in [0.15, 0.2) is 18.2 Å². The Labute approximate surface area is 144 Å². The highest BCUT2D eigenvalue weighted by molar-refractivity contribution is 5.94. The first-order valence-electron chi connectivity index (χ1n) is 8.20. The largest absolute Gasteiger partial charge is 0.465 e. The van der Waals surface area contributed by atoms with Crippen molar-refractivity contribution in [3.8, 4) is 0 Å². The van der Waals surface area contributed by atoms with Crippen LogP contribution in [0.4, 0.5) is 13.6 Å². The predicted molar refractivity (Wildman–Crippen MR) is 84.4 cm³/mol. The third kappa shape index (κ3) is 3.58. The van der Waals surface area contributed by atoms with Gasteiger partial charge in [0.15, 0.2) is 0 Å². The number of carboxylic acid groups (broad SMARTS) is 1. The highest BCUT2D eigenvalue weighted by Gasteiger charge is 2.44. The molecule has 1 N–H and O–H groups in total. The third-order valence-corrected chi connectivity index (χ3v) is 4.80. The van der Waals surface area contributed by atoms with Crippen molar-refractivity contribution < 1.29 is 28.2 Å². The molecule has 1 atom stereocenters. The molecular formula is C17H20F2N2O4. The van der Waals surface area contributed by atoms with Gasteiger partial charge in [0.1, 0.15) is 11.6 Å². The number of nitrogens with zero attached hydrogens (tertiary/aromatic N) is 2. The lowest BCUT2D eigenvalue weighted by Crippen LogP contribution is -2.60. The second-order valence-electron chi connectivity index (χ2n) is 6.69. The summed E-state index contributed by atoms with van der Waals surface area (Å²) in [6, 6.07) is 2.81. The summed E-state index contributed by atoms with van der Waals surface area (Å²) in [6.07, 6.45) is -0.336. The van der Waals surface area contributed by atoms with Gasteiger partial charge in [-0.2, -0.15) is 0 Å². The van der Waals surface area contributed by atoms with Crippen molar-refractivity contribution in [1.29, 1.82) is 0 Å². The molecule has 2 saturated heterocycles. The number of halogens is 2. The minimum absolute atomic E-state index is 0.236. The fourth-order valence-electron chi connectivity index (χ4n) is 3.59. The lowest BCUT2D eigenvalue weighted by atomic mass is 9.88. The van der Waals surface area contributed by atoms with E-state index in [0.29, 0.717) is 25.9 Å². The van der Waals surface area contributed by atoms with E-state index in [4.69, 9.17) is 9.84 Å². The maximum Gasteiger partial charge on any atom is 0.407 e. The number of ether oxygens (including phenoxy) is 1. The summed E-state index contributed by atoms with van der Waals surface area (Å²) in [5.74, 6) is -2.01. The molecule has 1 aromatic rings. The van der Waals surface area contributed by atoms with Gasteiger partial charge in [0.25, 0.3) is 5.91 Å². The van der Waals surface area contributed by atoms with Gasteiger partial charge in [-0.25, -0.2) is 13.6 Å². The van der Waals surface area contributed by atoms with Crippen LogP contribution in [0.3, 0.4) is 0 Å². The quantitative estimate of drug-likeness (QED) is 0.840. The summed E-state index contributed by atoms with van der Waals surface area (Å²) in [7, 11) is 0. The number of piperidine rings is 1. The van der Waals surface area contributed by atoms with Crippen molar-refractivity contribution in [3.63, 3.8) is 0 Å². The first kappa shape index (κ1) is 17.6. The molecule has 1 unspecified atom stereocenters. The summed E-state index contributed by atoms with van der Waals surface area (Å²) in [4.78, 5) is 26.5. The third-order valence-electron chi connectivity index (χ3n) is 4.80. The fraction of sp³-hybridized carbons (Fsp3) is 0.529. The van der Waals surface area contributed by atoms with Gasteiger partial charge in [-0.05, 0) is 38.0 Å². The van der Waals surface area contributed by atoms with E-state index in [1.54, 1.807) is 0 Å². The number of hydrogen-bond acceptors (Lipinski definition) is 3. The zero-order valence-electron chi connectivity index (χ0n) is 13.9. The Hall–Kier alpha value is -2.22. The van der Waals surface area contributed by atoms with E-state index >= 15 is 0 Å². The number of rotatable bonds is 1. The monoisotopic (exact) mass is 354 g/mol. The van der Waals surface area contributed by atoms with Crippen LogP contribution in [0.2, 0.25) is 0 Å². The number of morpholine rings is 1. The van der Waals surface area contributed by atoms with E-state index in [1.165, 1.54) is 9.80 Å². The molecule has 2 amide bonds. The van der Waals surface area contributed by atoms with Crippen molar-refractivity contribution in [1.82, 2.24) is 9.80 Å². The number of hydrogen-bond donors (Lipinski definition) is 1. The van der Waals surface area contributed by atoms with E-state index < -0.39 is 29.2 Å². The van der Waals surface area contributed by atoms with E-state index in [2.05, 4.69) is 0 Å². The van der Waals surface area contributed by atoms with Gasteiger partial charge < -0.3 is 19.6 Å². The Balaban J connectivity index is 1.78. The molecule has 0 bridgehead atoms. The summed E-state index contributed by atoms with van der Waals surface area (Å²) < 4.78 is 33.4. The Bertz CT molecular complexity index is 689. The molecule has 2 aliphatic rings. The molecule has 1 spiro atoms. The molecular weight excluding hydrogens is 334 g/mol. The zero-order chi connectivity index (χ0) is 18.2. The second kappa shape index (κ2) is 6.59. The van der Waals surface area contributed by atoms with E-state index in [-0.39, 0.29) is 24.8 Å². The fourth-order valence-corrected chi connectivity index (χ4v) is 3.59. The molecule has 2 fully saturated rings.